The summed E-state index contributed by atoms with van der Waals surface area (Å²) in [4.78, 5) is 29.8. The van der Waals surface area contributed by atoms with E-state index in [4.69, 9.17) is 0 Å². The summed E-state index contributed by atoms with van der Waals surface area (Å²) in [7, 11) is 0. The number of benzene rings is 1. The first-order chi connectivity index (χ1) is 21.3. The van der Waals surface area contributed by atoms with E-state index in [2.05, 4.69) is 48.6 Å². The zero-order valence-corrected chi connectivity index (χ0v) is 25.6. The van der Waals surface area contributed by atoms with Crippen LogP contribution >= 0.6 is 0 Å². The Hall–Kier alpha value is -3.82. The second kappa shape index (κ2) is 11.9. The third-order valence-corrected chi connectivity index (χ3v) is 9.51. The molecule has 1 aromatic carbocycles. The lowest BCUT2D eigenvalue weighted by Crippen LogP contribution is -2.48. The van der Waals surface area contributed by atoms with E-state index in [9.17, 15) is 9.90 Å². The number of hydrogen-bond acceptors (Lipinski definition) is 7. The Balaban J connectivity index is 1.25. The van der Waals surface area contributed by atoms with Gasteiger partial charge in [-0.1, -0.05) is 0 Å². The van der Waals surface area contributed by atoms with Crippen LogP contribution in [-0.2, 0) is 13.1 Å². The molecule has 2 aliphatic heterocycles. The highest BCUT2D eigenvalue weighted by Gasteiger charge is 2.31. The van der Waals surface area contributed by atoms with Crippen molar-refractivity contribution < 1.29 is 9.50 Å². The van der Waals surface area contributed by atoms with Gasteiger partial charge in [0.05, 0.1) is 29.2 Å². The Bertz CT molecular complexity index is 1720. The fourth-order valence-corrected chi connectivity index (χ4v) is 6.99. The average molecular weight is 597 g/mol. The maximum Gasteiger partial charge on any atom is 0.193 e. The number of piperidine rings is 1. The van der Waals surface area contributed by atoms with Gasteiger partial charge in [-0.15, -0.1) is 0 Å². The number of fused-ring (bicyclic) bond motifs is 1. The van der Waals surface area contributed by atoms with E-state index in [0.717, 1.165) is 61.4 Å². The second-order valence-electron chi connectivity index (χ2n) is 12.9. The summed E-state index contributed by atoms with van der Waals surface area (Å²) >= 11 is 0. The van der Waals surface area contributed by atoms with Crippen molar-refractivity contribution in [2.75, 3.05) is 36.0 Å². The minimum Gasteiger partial charge on any atom is -0.391 e. The number of aryl methyl sites for hydroxylation is 2. The molecule has 0 bridgehead atoms. The number of rotatable bonds is 8. The molecule has 2 unspecified atom stereocenters. The molecule has 1 aliphatic carbocycles. The lowest BCUT2D eigenvalue weighted by Gasteiger charge is -2.40. The fraction of sp³-hybridized carbons (Fsp3) is 0.457. The van der Waals surface area contributed by atoms with Gasteiger partial charge in [-0.25, -0.2) is 4.39 Å². The van der Waals surface area contributed by atoms with Gasteiger partial charge in [0, 0.05) is 86.1 Å². The lowest BCUT2D eigenvalue weighted by atomic mass is 10.0. The summed E-state index contributed by atoms with van der Waals surface area (Å²) < 4.78 is 17.8. The lowest BCUT2D eigenvalue weighted by molar-refractivity contribution is 0.158. The van der Waals surface area contributed by atoms with Crippen LogP contribution in [0.1, 0.15) is 60.7 Å². The van der Waals surface area contributed by atoms with E-state index in [1.54, 1.807) is 0 Å². The van der Waals surface area contributed by atoms with Crippen molar-refractivity contribution in [1.29, 1.82) is 0 Å². The molecule has 1 N–H and O–H groups in total. The van der Waals surface area contributed by atoms with E-state index in [-0.39, 0.29) is 11.5 Å². The molecule has 0 radical (unpaired) electrons. The van der Waals surface area contributed by atoms with Crippen LogP contribution in [0.4, 0.5) is 15.8 Å². The van der Waals surface area contributed by atoms with Crippen molar-refractivity contribution in [3.63, 3.8) is 0 Å². The van der Waals surface area contributed by atoms with Crippen molar-refractivity contribution in [3.8, 4) is 0 Å². The Labute approximate surface area is 257 Å². The number of pyridine rings is 3. The van der Waals surface area contributed by atoms with Gasteiger partial charge in [0.15, 0.2) is 5.43 Å². The molecule has 3 aromatic heterocycles. The number of aliphatic hydroxyl groups excluding tert-OH is 1. The van der Waals surface area contributed by atoms with Crippen LogP contribution in [-0.4, -0.2) is 62.9 Å². The zero-order valence-electron chi connectivity index (χ0n) is 25.6. The molecule has 0 amide bonds. The highest BCUT2D eigenvalue weighted by atomic mass is 19.1. The quantitative estimate of drug-likeness (QED) is 0.302. The molecule has 230 valence electrons. The van der Waals surface area contributed by atoms with E-state index >= 15 is 4.39 Å². The molecule has 5 heterocycles. The van der Waals surface area contributed by atoms with E-state index in [0.29, 0.717) is 55.3 Å². The highest BCUT2D eigenvalue weighted by molar-refractivity contribution is 5.84. The predicted octanol–water partition coefficient (Wildman–Crippen LogP) is 5.12. The van der Waals surface area contributed by atoms with Crippen molar-refractivity contribution >= 4 is 22.3 Å². The Morgan fingerprint density at radius 2 is 1.82 bits per heavy atom. The van der Waals surface area contributed by atoms with E-state index in [1.165, 1.54) is 11.6 Å². The molecular formula is C35H41FN6O2. The minimum atomic E-state index is -0.453. The summed E-state index contributed by atoms with van der Waals surface area (Å²) in [5.74, 6) is -0.401. The normalized spacial score (nSPS) is 20.7. The van der Waals surface area contributed by atoms with Gasteiger partial charge in [0.2, 0.25) is 0 Å². The molecule has 2 atom stereocenters. The topological polar surface area (TPSA) is 77.7 Å². The third kappa shape index (κ3) is 5.95. The zero-order chi connectivity index (χ0) is 30.4. The van der Waals surface area contributed by atoms with Crippen LogP contribution in [0, 0.1) is 19.7 Å². The molecule has 7 rings (SSSR count). The SMILES string of the molecule is Cc1ccc(N2CCCC(N(Cc3ccnc(C)c3)Cc3cn(C4CC4)c4cc(N5CCC(O)C5)c(F)cc4c3=O)C2)cn1. The summed E-state index contributed by atoms with van der Waals surface area (Å²) in [6.07, 6.45) is 10.2. The fourth-order valence-electron chi connectivity index (χ4n) is 6.99. The molecule has 3 aliphatic rings. The smallest absolute Gasteiger partial charge is 0.193 e. The van der Waals surface area contributed by atoms with E-state index in [1.807, 2.05) is 43.4 Å². The first-order valence-electron chi connectivity index (χ1n) is 16.0. The molecule has 1 saturated carbocycles. The number of aromatic nitrogens is 3. The van der Waals surface area contributed by atoms with Crippen LogP contribution in [0.2, 0.25) is 0 Å². The van der Waals surface area contributed by atoms with Crippen molar-refractivity contribution in [3.05, 3.63) is 93.5 Å². The van der Waals surface area contributed by atoms with Gasteiger partial charge in [0.1, 0.15) is 5.82 Å². The summed E-state index contributed by atoms with van der Waals surface area (Å²) in [5.41, 5.74) is 6.11. The standard InChI is InChI=1S/C35H41FN6O2/c1-23-5-6-28(17-38-23)39-12-3-4-29(21-39)41(18-25-9-11-37-24(2)14-25)19-26-20-42(27-7-8-27)33-16-34(40-13-10-30(43)22-40)32(36)15-31(33)35(26)44/h5-6,9,11,14-17,20,27,29-30,43H,3-4,7-8,10,12-13,18-19,21-22H2,1-2H3. The number of hydrogen-bond donors (Lipinski definition) is 1. The first kappa shape index (κ1) is 28.9. The minimum absolute atomic E-state index is 0.102. The van der Waals surface area contributed by atoms with Crippen LogP contribution in [0.15, 0.2) is 59.8 Å². The average Bonchev–Trinajstić information content (AvgIpc) is 3.78. The monoisotopic (exact) mass is 596 g/mol. The number of nitrogens with zero attached hydrogens (tertiary/aromatic N) is 6. The maximum absolute atomic E-state index is 15.6. The molecule has 0 spiro atoms. The van der Waals surface area contributed by atoms with Gasteiger partial charge in [-0.2, -0.15) is 0 Å². The van der Waals surface area contributed by atoms with Crippen molar-refractivity contribution in [1.82, 2.24) is 19.4 Å². The molecular weight excluding hydrogens is 555 g/mol. The summed E-state index contributed by atoms with van der Waals surface area (Å²) in [6.45, 7) is 8.02. The maximum atomic E-state index is 15.6. The number of halogens is 1. The van der Waals surface area contributed by atoms with Crippen LogP contribution in [0.25, 0.3) is 10.9 Å². The van der Waals surface area contributed by atoms with Gasteiger partial charge in [-0.3, -0.25) is 19.7 Å². The molecule has 3 fully saturated rings. The third-order valence-electron chi connectivity index (χ3n) is 9.51. The number of aliphatic hydroxyl groups is 1. The molecule has 4 aromatic rings. The Kier molecular flexibility index (Phi) is 7.84. The van der Waals surface area contributed by atoms with Crippen LogP contribution in [0.3, 0.4) is 0 Å². The molecule has 44 heavy (non-hydrogen) atoms. The van der Waals surface area contributed by atoms with Gasteiger partial charge in [-0.05, 0) is 87.9 Å². The molecule has 2 saturated heterocycles. The predicted molar refractivity (Wildman–Crippen MR) is 172 cm³/mol. The molecule has 9 heteroatoms. The Morgan fingerprint density at radius 1 is 0.955 bits per heavy atom. The van der Waals surface area contributed by atoms with Crippen LogP contribution < -0.4 is 15.2 Å². The van der Waals surface area contributed by atoms with Crippen molar-refractivity contribution in [2.24, 2.45) is 0 Å². The Morgan fingerprint density at radius 3 is 2.55 bits per heavy atom. The summed E-state index contributed by atoms with van der Waals surface area (Å²) in [6, 6.07) is 12.2. The van der Waals surface area contributed by atoms with Gasteiger partial charge >= 0.3 is 0 Å². The largest absolute Gasteiger partial charge is 0.391 e. The van der Waals surface area contributed by atoms with Crippen LogP contribution in [0.5, 0.6) is 0 Å². The van der Waals surface area contributed by atoms with E-state index < -0.39 is 11.9 Å². The number of β-amino-alcohol motifs (C(OH)–C–C–N with tert-alkyl or cyclic N) is 1. The first-order valence-corrected chi connectivity index (χ1v) is 16.0. The highest BCUT2D eigenvalue weighted by Crippen LogP contribution is 2.39. The van der Waals surface area contributed by atoms with Gasteiger partial charge < -0.3 is 19.5 Å². The second-order valence-corrected chi connectivity index (χ2v) is 12.9. The van der Waals surface area contributed by atoms with Gasteiger partial charge in [0.25, 0.3) is 0 Å². The summed E-state index contributed by atoms with van der Waals surface area (Å²) in [5, 5.41) is 10.5. The molecule has 8 nitrogen and oxygen atoms in total. The number of anilines is 2. The van der Waals surface area contributed by atoms with Crippen molar-refractivity contribution in [2.45, 2.75) is 77.2 Å².